The molecule has 24 heavy (non-hydrogen) atoms. The Hall–Kier alpha value is -2.63. The first kappa shape index (κ1) is 16.2. The molecule has 0 spiro atoms. The first-order chi connectivity index (χ1) is 11.5. The Morgan fingerprint density at radius 1 is 1.29 bits per heavy atom. The summed E-state index contributed by atoms with van der Waals surface area (Å²) in [6.45, 7) is 7.76. The zero-order valence-corrected chi connectivity index (χ0v) is 14.4. The first-order valence-electron chi connectivity index (χ1n) is 8.14. The highest BCUT2D eigenvalue weighted by atomic mass is 16.5. The highest BCUT2D eigenvalue weighted by Gasteiger charge is 2.24. The molecule has 0 saturated carbocycles. The molecule has 3 rings (SSSR count). The van der Waals surface area contributed by atoms with Gasteiger partial charge in [0, 0.05) is 0 Å². The number of hydrogen-bond donors (Lipinski definition) is 2. The summed E-state index contributed by atoms with van der Waals surface area (Å²) in [4.78, 5) is 20.6. The third kappa shape index (κ3) is 3.18. The minimum Gasteiger partial charge on any atom is -0.361 e. The van der Waals surface area contributed by atoms with Gasteiger partial charge in [0.25, 0.3) is 5.91 Å². The molecule has 0 radical (unpaired) electrons. The van der Waals surface area contributed by atoms with Gasteiger partial charge in [-0.3, -0.25) is 4.79 Å². The number of hydrogen-bond acceptors (Lipinski definition) is 4. The smallest absolute Gasteiger partial charge is 0.257 e. The van der Waals surface area contributed by atoms with Crippen LogP contribution in [0.4, 0.5) is 0 Å². The van der Waals surface area contributed by atoms with Crippen LogP contribution in [0.1, 0.15) is 53.9 Å². The Morgan fingerprint density at radius 3 is 2.67 bits per heavy atom. The van der Waals surface area contributed by atoms with E-state index >= 15 is 0 Å². The van der Waals surface area contributed by atoms with Gasteiger partial charge in [-0.1, -0.05) is 31.1 Å². The number of aromatic amines is 1. The van der Waals surface area contributed by atoms with Gasteiger partial charge in [-0.15, -0.1) is 0 Å². The molecule has 1 amide bonds. The molecule has 2 N–H and O–H groups in total. The van der Waals surface area contributed by atoms with E-state index in [0.717, 1.165) is 23.3 Å². The van der Waals surface area contributed by atoms with Crippen molar-refractivity contribution in [1.82, 2.24) is 20.4 Å². The second-order valence-corrected chi connectivity index (χ2v) is 6.49. The van der Waals surface area contributed by atoms with Gasteiger partial charge in [0.1, 0.15) is 17.1 Å². The van der Waals surface area contributed by atoms with Crippen LogP contribution < -0.4 is 5.32 Å². The molecule has 6 heteroatoms. The Kier molecular flexibility index (Phi) is 4.38. The molecule has 126 valence electrons. The second-order valence-electron chi connectivity index (χ2n) is 6.49. The maximum atomic E-state index is 12.7. The number of carbonyl (C=O) groups excluding carboxylic acids is 1. The van der Waals surface area contributed by atoms with Crippen molar-refractivity contribution in [3.63, 3.8) is 0 Å². The lowest BCUT2D eigenvalue weighted by Gasteiger charge is -2.18. The van der Waals surface area contributed by atoms with E-state index in [1.165, 1.54) is 0 Å². The number of imidazole rings is 1. The summed E-state index contributed by atoms with van der Waals surface area (Å²) >= 11 is 0. The monoisotopic (exact) mass is 326 g/mol. The molecule has 0 aliphatic rings. The van der Waals surface area contributed by atoms with E-state index in [0.29, 0.717) is 22.9 Å². The van der Waals surface area contributed by atoms with E-state index in [1.54, 1.807) is 13.8 Å². The Labute approximate surface area is 140 Å². The van der Waals surface area contributed by atoms with Crippen LogP contribution in [0.15, 0.2) is 28.8 Å². The molecule has 0 unspecified atom stereocenters. The van der Waals surface area contributed by atoms with Crippen LogP contribution in [0.25, 0.3) is 11.0 Å². The molecule has 1 aromatic carbocycles. The van der Waals surface area contributed by atoms with Gasteiger partial charge >= 0.3 is 0 Å². The lowest BCUT2D eigenvalue weighted by atomic mass is 10.0. The summed E-state index contributed by atoms with van der Waals surface area (Å²) in [7, 11) is 0. The van der Waals surface area contributed by atoms with Crippen molar-refractivity contribution in [3.05, 3.63) is 47.1 Å². The van der Waals surface area contributed by atoms with Crippen molar-refractivity contribution in [2.75, 3.05) is 0 Å². The van der Waals surface area contributed by atoms with Crippen LogP contribution in [0, 0.1) is 19.8 Å². The third-order valence-electron chi connectivity index (χ3n) is 4.01. The minimum atomic E-state index is -0.196. The highest BCUT2D eigenvalue weighted by molar-refractivity contribution is 5.96. The fourth-order valence-corrected chi connectivity index (χ4v) is 2.89. The van der Waals surface area contributed by atoms with Crippen molar-refractivity contribution in [3.8, 4) is 0 Å². The molecule has 0 aliphatic carbocycles. The molecule has 3 aromatic rings. The summed E-state index contributed by atoms with van der Waals surface area (Å²) in [6, 6.07) is 7.65. The number of fused-ring (bicyclic) bond motifs is 1. The topological polar surface area (TPSA) is 83.8 Å². The van der Waals surface area contributed by atoms with E-state index in [2.05, 4.69) is 34.3 Å². The predicted octanol–water partition coefficient (Wildman–Crippen LogP) is 3.68. The van der Waals surface area contributed by atoms with Crippen LogP contribution in [-0.2, 0) is 0 Å². The van der Waals surface area contributed by atoms with E-state index in [9.17, 15) is 4.79 Å². The maximum absolute atomic E-state index is 12.7. The van der Waals surface area contributed by atoms with Crippen LogP contribution in [0.2, 0.25) is 0 Å². The number of para-hydroxylation sites is 2. The zero-order chi connectivity index (χ0) is 17.3. The fraction of sp³-hybridized carbons (Fsp3) is 0.389. The number of rotatable bonds is 5. The number of aromatic nitrogens is 3. The zero-order valence-electron chi connectivity index (χ0n) is 14.4. The molecule has 0 saturated heterocycles. The van der Waals surface area contributed by atoms with Gasteiger partial charge in [-0.05, 0) is 38.3 Å². The van der Waals surface area contributed by atoms with Crippen molar-refractivity contribution >= 4 is 16.9 Å². The Morgan fingerprint density at radius 2 is 2.04 bits per heavy atom. The minimum absolute atomic E-state index is 0.183. The molecular weight excluding hydrogens is 304 g/mol. The van der Waals surface area contributed by atoms with Gasteiger partial charge < -0.3 is 14.8 Å². The average Bonchev–Trinajstić information content (AvgIpc) is 3.09. The number of H-pyrrole nitrogens is 1. The van der Waals surface area contributed by atoms with Crippen LogP contribution in [0.5, 0.6) is 0 Å². The van der Waals surface area contributed by atoms with Gasteiger partial charge in [0.15, 0.2) is 0 Å². The largest absolute Gasteiger partial charge is 0.361 e. The number of benzene rings is 1. The molecular formula is C18H22N4O2. The summed E-state index contributed by atoms with van der Waals surface area (Å²) in [6.07, 6.45) is 0.787. The molecule has 6 nitrogen and oxygen atoms in total. The van der Waals surface area contributed by atoms with E-state index in [1.807, 2.05) is 24.3 Å². The quantitative estimate of drug-likeness (QED) is 0.749. The van der Waals surface area contributed by atoms with Crippen LogP contribution in [-0.4, -0.2) is 21.0 Å². The predicted molar refractivity (Wildman–Crippen MR) is 91.7 cm³/mol. The fourth-order valence-electron chi connectivity index (χ4n) is 2.89. The second kappa shape index (κ2) is 6.47. The summed E-state index contributed by atoms with van der Waals surface area (Å²) in [5.41, 5.74) is 2.96. The highest BCUT2D eigenvalue weighted by Crippen LogP contribution is 2.23. The van der Waals surface area contributed by atoms with Gasteiger partial charge in [-0.2, -0.15) is 0 Å². The van der Waals surface area contributed by atoms with Crippen molar-refractivity contribution in [2.45, 2.75) is 40.2 Å². The molecule has 0 fully saturated rings. The number of amides is 1. The van der Waals surface area contributed by atoms with Crippen molar-refractivity contribution < 1.29 is 9.32 Å². The van der Waals surface area contributed by atoms with Crippen molar-refractivity contribution in [2.24, 2.45) is 5.92 Å². The van der Waals surface area contributed by atoms with Crippen LogP contribution >= 0.6 is 0 Å². The van der Waals surface area contributed by atoms with E-state index in [4.69, 9.17) is 4.52 Å². The lowest BCUT2D eigenvalue weighted by molar-refractivity contribution is 0.0928. The SMILES string of the molecule is Cc1noc(C)c1C(=O)N[C@H](CC(C)C)c1nc2ccccc2[nH]1. The van der Waals surface area contributed by atoms with Crippen LogP contribution in [0.3, 0.4) is 0 Å². The average molecular weight is 326 g/mol. The van der Waals surface area contributed by atoms with Crippen molar-refractivity contribution in [1.29, 1.82) is 0 Å². The molecule has 1 atom stereocenters. The Bertz CT molecular complexity index is 810. The molecule has 2 aromatic heterocycles. The number of carbonyl (C=O) groups is 1. The van der Waals surface area contributed by atoms with Gasteiger partial charge in [-0.25, -0.2) is 4.98 Å². The molecule has 0 aliphatic heterocycles. The van der Waals surface area contributed by atoms with Gasteiger partial charge in [0.05, 0.1) is 22.8 Å². The first-order valence-corrected chi connectivity index (χ1v) is 8.14. The maximum Gasteiger partial charge on any atom is 0.257 e. The normalized spacial score (nSPS) is 12.7. The molecule has 2 heterocycles. The number of nitrogens with zero attached hydrogens (tertiary/aromatic N) is 2. The van der Waals surface area contributed by atoms with E-state index in [-0.39, 0.29) is 11.9 Å². The third-order valence-corrected chi connectivity index (χ3v) is 4.01. The Balaban J connectivity index is 1.90. The summed E-state index contributed by atoms with van der Waals surface area (Å²) in [5, 5.41) is 6.93. The number of nitrogens with one attached hydrogen (secondary N) is 2. The molecule has 0 bridgehead atoms. The standard InChI is InChI=1S/C18H22N4O2/c1-10(2)9-15(17-19-13-7-5-6-8-14(13)20-17)21-18(23)16-11(3)22-24-12(16)4/h5-8,10,15H,9H2,1-4H3,(H,19,20)(H,21,23)/t15-/m1/s1. The summed E-state index contributed by atoms with van der Waals surface area (Å²) in [5.74, 6) is 1.52. The summed E-state index contributed by atoms with van der Waals surface area (Å²) < 4.78 is 5.10. The van der Waals surface area contributed by atoms with Gasteiger partial charge in [0.2, 0.25) is 0 Å². The lowest BCUT2D eigenvalue weighted by Crippen LogP contribution is -2.31. The number of aryl methyl sites for hydroxylation is 2. The van der Waals surface area contributed by atoms with E-state index < -0.39 is 0 Å².